The number of amides is 3. The number of ether oxygens (including phenoxy) is 1. The Hall–Kier alpha value is -1.85. The van der Waals surface area contributed by atoms with Crippen molar-refractivity contribution in [1.82, 2.24) is 15.5 Å². The van der Waals surface area contributed by atoms with Crippen molar-refractivity contribution >= 4 is 25.0 Å². The normalized spacial score (nSPS) is 22.7. The van der Waals surface area contributed by atoms with Gasteiger partial charge in [-0.15, -0.1) is 0 Å². The minimum absolute atomic E-state index is 0.266. The Balaban J connectivity index is 2.03. The average molecular weight is 413 g/mol. The topological polar surface area (TPSA) is 126 Å². The Morgan fingerprint density at radius 1 is 1.07 bits per heavy atom. The second kappa shape index (κ2) is 9.31. The van der Waals surface area contributed by atoms with E-state index < -0.39 is 42.3 Å². The summed E-state index contributed by atoms with van der Waals surface area (Å²) in [4.78, 5) is 38.0. The molecular weight excluding hydrogens is 381 g/mol. The number of morpholine rings is 1. The molecule has 0 aromatic heterocycles. The number of nitrogens with one attached hydrogen (secondary N) is 2. The van der Waals surface area contributed by atoms with Crippen molar-refractivity contribution in [3.05, 3.63) is 0 Å². The Labute approximate surface area is 171 Å². The van der Waals surface area contributed by atoms with Gasteiger partial charge in [0.15, 0.2) is 0 Å². The van der Waals surface area contributed by atoms with Crippen LogP contribution in [0.1, 0.15) is 47.5 Å². The Bertz CT molecular complexity index is 607. The van der Waals surface area contributed by atoms with E-state index in [1.807, 2.05) is 34.6 Å². The van der Waals surface area contributed by atoms with Crippen molar-refractivity contribution in [3.63, 3.8) is 0 Å². The lowest BCUT2D eigenvalue weighted by atomic mass is 9.76. The number of nitrogens with zero attached hydrogens (tertiary/aromatic N) is 1. The third-order valence-electron chi connectivity index (χ3n) is 5.72. The van der Waals surface area contributed by atoms with Crippen molar-refractivity contribution in [1.29, 1.82) is 0 Å². The highest BCUT2D eigenvalue weighted by Crippen LogP contribution is 2.37. The standard InChI is InChI=1S/C18H32BN3O7/c1-6-13(19-28-17(2,3)18(4,5)29-19)21-15(24)12(20-16(25)26)11-14(23)22-7-9-27-10-8-22/h12-13,20H,6-11H2,1-5H3,(H,21,24)(H,25,26)/t12?,13-/m0/s1. The molecule has 2 rings (SSSR count). The maximum Gasteiger partial charge on any atom is 0.481 e. The van der Waals surface area contributed by atoms with E-state index >= 15 is 0 Å². The van der Waals surface area contributed by atoms with E-state index in [2.05, 4.69) is 10.6 Å². The molecule has 0 aromatic carbocycles. The van der Waals surface area contributed by atoms with E-state index in [1.54, 1.807) is 4.90 Å². The first-order chi connectivity index (χ1) is 13.5. The molecule has 0 saturated carbocycles. The lowest BCUT2D eigenvalue weighted by molar-refractivity contribution is -0.138. The van der Waals surface area contributed by atoms with Gasteiger partial charge in [-0.2, -0.15) is 0 Å². The van der Waals surface area contributed by atoms with Crippen molar-refractivity contribution in [2.75, 3.05) is 26.3 Å². The Kier molecular flexibility index (Phi) is 7.53. The number of hydrogen-bond donors (Lipinski definition) is 3. The first-order valence-corrected chi connectivity index (χ1v) is 9.98. The molecule has 0 aliphatic carbocycles. The van der Waals surface area contributed by atoms with Gasteiger partial charge in [0.25, 0.3) is 0 Å². The van der Waals surface area contributed by atoms with Crippen molar-refractivity contribution < 1.29 is 33.5 Å². The SMILES string of the molecule is CC[C@H](NC(=O)C(CC(=O)N1CCOCC1)NC(=O)O)B1OC(C)(C)C(C)(C)O1. The third kappa shape index (κ3) is 5.83. The van der Waals surface area contributed by atoms with Gasteiger partial charge >= 0.3 is 13.2 Å². The zero-order valence-corrected chi connectivity index (χ0v) is 17.8. The van der Waals surface area contributed by atoms with E-state index in [4.69, 9.17) is 19.2 Å². The molecule has 3 amide bonds. The van der Waals surface area contributed by atoms with Gasteiger partial charge in [-0.1, -0.05) is 6.92 Å². The van der Waals surface area contributed by atoms with Crippen LogP contribution in [0.5, 0.6) is 0 Å². The van der Waals surface area contributed by atoms with Crippen LogP contribution in [-0.4, -0.2) is 84.5 Å². The molecular formula is C18H32BN3O7. The highest BCUT2D eigenvalue weighted by atomic mass is 16.7. The first kappa shape index (κ1) is 23.4. The second-order valence-corrected chi connectivity index (χ2v) is 8.35. The predicted octanol–water partition coefficient (Wildman–Crippen LogP) is 0.398. The molecule has 2 saturated heterocycles. The molecule has 3 N–H and O–H groups in total. The number of carbonyl (C=O) groups is 3. The molecule has 0 aromatic rings. The smallest absolute Gasteiger partial charge is 0.465 e. The van der Waals surface area contributed by atoms with Crippen LogP contribution in [0, 0.1) is 0 Å². The van der Waals surface area contributed by atoms with Gasteiger partial charge in [0.1, 0.15) is 6.04 Å². The summed E-state index contributed by atoms with van der Waals surface area (Å²) in [6.45, 7) is 11.2. The van der Waals surface area contributed by atoms with Crippen LogP contribution in [0.4, 0.5) is 4.79 Å². The average Bonchev–Trinajstić information content (AvgIpc) is 2.86. The van der Waals surface area contributed by atoms with Gasteiger partial charge in [-0.05, 0) is 34.1 Å². The zero-order valence-electron chi connectivity index (χ0n) is 17.8. The molecule has 29 heavy (non-hydrogen) atoms. The minimum atomic E-state index is -1.37. The largest absolute Gasteiger partial charge is 0.481 e. The van der Waals surface area contributed by atoms with Crippen molar-refractivity contribution in [2.24, 2.45) is 0 Å². The second-order valence-electron chi connectivity index (χ2n) is 8.35. The fourth-order valence-corrected chi connectivity index (χ4v) is 3.17. The Morgan fingerprint density at radius 2 is 1.62 bits per heavy atom. The highest BCUT2D eigenvalue weighted by molar-refractivity contribution is 6.48. The van der Waals surface area contributed by atoms with Gasteiger partial charge in [0.2, 0.25) is 11.8 Å². The van der Waals surface area contributed by atoms with E-state index in [0.717, 1.165) is 0 Å². The fourth-order valence-electron chi connectivity index (χ4n) is 3.17. The van der Waals surface area contributed by atoms with Crippen LogP contribution >= 0.6 is 0 Å². The molecule has 0 spiro atoms. The molecule has 0 radical (unpaired) electrons. The van der Waals surface area contributed by atoms with Gasteiger partial charge < -0.3 is 34.7 Å². The lowest BCUT2D eigenvalue weighted by Gasteiger charge is -2.32. The summed E-state index contributed by atoms with van der Waals surface area (Å²) in [5.74, 6) is -1.37. The van der Waals surface area contributed by atoms with Gasteiger partial charge in [0.05, 0.1) is 36.8 Å². The predicted molar refractivity (Wildman–Crippen MR) is 105 cm³/mol. The first-order valence-electron chi connectivity index (χ1n) is 9.98. The molecule has 2 fully saturated rings. The fraction of sp³-hybridized carbons (Fsp3) is 0.833. The van der Waals surface area contributed by atoms with Gasteiger partial charge in [-0.3, -0.25) is 9.59 Å². The van der Waals surface area contributed by atoms with Crippen LogP contribution in [0.3, 0.4) is 0 Å². The monoisotopic (exact) mass is 413 g/mol. The number of rotatable bonds is 7. The molecule has 2 aliphatic heterocycles. The van der Waals surface area contributed by atoms with Crippen LogP contribution in [0.2, 0.25) is 0 Å². The molecule has 10 nitrogen and oxygen atoms in total. The number of carboxylic acid groups (broad SMARTS) is 1. The van der Waals surface area contributed by atoms with E-state index in [9.17, 15) is 14.4 Å². The summed E-state index contributed by atoms with van der Waals surface area (Å²) < 4.78 is 17.2. The van der Waals surface area contributed by atoms with Gasteiger partial charge in [0, 0.05) is 13.1 Å². The summed E-state index contributed by atoms with van der Waals surface area (Å²) in [6, 6.07) is -1.21. The van der Waals surface area contributed by atoms with Crippen LogP contribution in [-0.2, 0) is 23.6 Å². The number of carbonyl (C=O) groups excluding carboxylic acids is 2. The third-order valence-corrected chi connectivity index (χ3v) is 5.72. The zero-order chi connectivity index (χ0) is 21.8. The molecule has 11 heteroatoms. The molecule has 2 atom stereocenters. The van der Waals surface area contributed by atoms with Crippen molar-refractivity contribution in [2.45, 2.75) is 70.6 Å². The highest BCUT2D eigenvalue weighted by Gasteiger charge is 2.54. The van der Waals surface area contributed by atoms with Crippen LogP contribution in [0.25, 0.3) is 0 Å². The maximum atomic E-state index is 12.8. The lowest BCUT2D eigenvalue weighted by Crippen LogP contribution is -2.55. The minimum Gasteiger partial charge on any atom is -0.465 e. The molecule has 1 unspecified atom stereocenters. The maximum absolute atomic E-state index is 12.8. The summed E-state index contributed by atoms with van der Waals surface area (Å²) in [7, 11) is -0.672. The molecule has 164 valence electrons. The van der Waals surface area contributed by atoms with E-state index in [1.165, 1.54) is 0 Å². The van der Waals surface area contributed by atoms with E-state index in [-0.39, 0.29) is 12.3 Å². The summed E-state index contributed by atoms with van der Waals surface area (Å²) >= 11 is 0. The van der Waals surface area contributed by atoms with E-state index in [0.29, 0.717) is 32.7 Å². The van der Waals surface area contributed by atoms with Crippen molar-refractivity contribution in [3.8, 4) is 0 Å². The molecule has 2 aliphatic rings. The summed E-state index contributed by atoms with van der Waals surface area (Å²) in [5.41, 5.74) is -1.11. The summed E-state index contributed by atoms with van der Waals surface area (Å²) in [6.07, 6.45) is -1.12. The number of hydrogen-bond acceptors (Lipinski definition) is 6. The molecule has 2 heterocycles. The van der Waals surface area contributed by atoms with Crippen LogP contribution < -0.4 is 10.6 Å². The quantitative estimate of drug-likeness (QED) is 0.516. The van der Waals surface area contributed by atoms with Gasteiger partial charge in [-0.25, -0.2) is 4.79 Å². The Morgan fingerprint density at radius 3 is 2.10 bits per heavy atom. The molecule has 0 bridgehead atoms. The summed E-state index contributed by atoms with van der Waals surface area (Å²) in [5, 5.41) is 14.0. The van der Waals surface area contributed by atoms with Crippen LogP contribution in [0.15, 0.2) is 0 Å².